The molecule has 1 aromatic heterocycles. The Kier molecular flexibility index (Phi) is 3.99. The molecule has 1 N–H and O–H groups in total. The number of phenolic OH excluding ortho intramolecular Hbond substituents is 1. The minimum absolute atomic E-state index is 0.115. The van der Waals surface area contributed by atoms with Crippen molar-refractivity contribution in [2.45, 2.75) is 5.03 Å². The van der Waals surface area contributed by atoms with Gasteiger partial charge in [0.15, 0.2) is 0 Å². The molecule has 2 rings (SSSR count). The molecule has 0 amide bonds. The van der Waals surface area contributed by atoms with Crippen LogP contribution in [-0.4, -0.2) is 30.0 Å². The maximum atomic E-state index is 10.8. The Morgan fingerprint density at radius 2 is 2.11 bits per heavy atom. The van der Waals surface area contributed by atoms with Crippen LogP contribution in [0.5, 0.6) is 5.75 Å². The number of pyridine rings is 1. The second-order valence-corrected chi connectivity index (χ2v) is 7.59. The number of thioether (sulfide) groups is 1. The highest BCUT2D eigenvalue weighted by molar-refractivity contribution is 8.14. The first-order valence-electron chi connectivity index (χ1n) is 5.08. The van der Waals surface area contributed by atoms with E-state index in [-0.39, 0.29) is 11.5 Å². The number of benzene rings is 1. The Hall–Kier alpha value is -0.980. The molecule has 0 fully saturated rings. The number of halogens is 1. The zero-order chi connectivity index (χ0) is 13.2. The summed E-state index contributed by atoms with van der Waals surface area (Å²) < 4.78 is 21.7. The van der Waals surface area contributed by atoms with Crippen molar-refractivity contribution < 1.29 is 13.5 Å². The monoisotopic (exact) mass is 303 g/mol. The van der Waals surface area contributed by atoms with Gasteiger partial charge in [0.05, 0.1) is 5.75 Å². The predicted molar refractivity (Wildman–Crippen MR) is 73.8 cm³/mol. The van der Waals surface area contributed by atoms with E-state index in [1.807, 2.05) is 6.07 Å². The molecular formula is C11H10ClNO3S2. The number of aromatic nitrogens is 1. The van der Waals surface area contributed by atoms with Crippen LogP contribution in [0.1, 0.15) is 0 Å². The van der Waals surface area contributed by atoms with Gasteiger partial charge in [0.25, 0.3) is 0 Å². The molecule has 0 atom stereocenters. The third-order valence-electron chi connectivity index (χ3n) is 2.28. The van der Waals surface area contributed by atoms with E-state index in [0.29, 0.717) is 10.8 Å². The second-order valence-electron chi connectivity index (χ2n) is 3.61. The van der Waals surface area contributed by atoms with Crippen molar-refractivity contribution >= 4 is 42.3 Å². The summed E-state index contributed by atoms with van der Waals surface area (Å²) in [5.74, 6) is 0.367. The quantitative estimate of drug-likeness (QED) is 0.694. The smallest absolute Gasteiger partial charge is 0.233 e. The molecule has 0 saturated heterocycles. The van der Waals surface area contributed by atoms with Gasteiger partial charge in [-0.1, -0.05) is 6.07 Å². The average molecular weight is 304 g/mol. The summed E-state index contributed by atoms with van der Waals surface area (Å²) >= 11 is 1.30. The fourth-order valence-corrected chi connectivity index (χ4v) is 3.84. The molecule has 0 aliphatic rings. The van der Waals surface area contributed by atoms with Crippen LogP contribution in [0.2, 0.25) is 0 Å². The summed E-state index contributed by atoms with van der Waals surface area (Å²) in [5.41, 5.74) is 0. The lowest BCUT2D eigenvalue weighted by molar-refractivity contribution is 0.476. The SMILES string of the molecule is O=S(=O)(Cl)CCSc1nccc2ccc(O)cc12. The number of hydrogen-bond acceptors (Lipinski definition) is 5. The van der Waals surface area contributed by atoms with Gasteiger partial charge in [-0.05, 0) is 23.6 Å². The third-order valence-corrected chi connectivity index (χ3v) is 4.70. The van der Waals surface area contributed by atoms with Crippen LogP contribution in [-0.2, 0) is 9.05 Å². The van der Waals surface area contributed by atoms with E-state index in [9.17, 15) is 13.5 Å². The van der Waals surface area contributed by atoms with Gasteiger partial charge in [-0.25, -0.2) is 13.4 Å². The fraction of sp³-hybridized carbons (Fsp3) is 0.182. The van der Waals surface area contributed by atoms with E-state index in [4.69, 9.17) is 10.7 Å². The molecule has 0 aliphatic carbocycles. The number of rotatable bonds is 4. The van der Waals surface area contributed by atoms with Crippen LogP contribution in [0.3, 0.4) is 0 Å². The molecule has 2 aromatic rings. The van der Waals surface area contributed by atoms with Crippen molar-refractivity contribution in [3.05, 3.63) is 30.5 Å². The van der Waals surface area contributed by atoms with Gasteiger partial charge in [0.2, 0.25) is 9.05 Å². The lowest BCUT2D eigenvalue weighted by Gasteiger charge is -2.05. The molecular weight excluding hydrogens is 294 g/mol. The summed E-state index contributed by atoms with van der Waals surface area (Å²) in [6, 6.07) is 6.83. The van der Waals surface area contributed by atoms with Crippen LogP contribution in [0.4, 0.5) is 0 Å². The highest BCUT2D eigenvalue weighted by Gasteiger charge is 2.08. The molecule has 1 heterocycles. The van der Waals surface area contributed by atoms with Crippen molar-refractivity contribution in [3.8, 4) is 5.75 Å². The highest BCUT2D eigenvalue weighted by atomic mass is 35.7. The molecule has 0 spiro atoms. The van der Waals surface area contributed by atoms with Gasteiger partial charge >= 0.3 is 0 Å². The highest BCUT2D eigenvalue weighted by Crippen LogP contribution is 2.28. The normalized spacial score (nSPS) is 11.8. The predicted octanol–water partition coefficient (Wildman–Crippen LogP) is 2.60. The van der Waals surface area contributed by atoms with Crippen LogP contribution in [0, 0.1) is 0 Å². The van der Waals surface area contributed by atoms with Gasteiger partial charge in [0, 0.05) is 28.0 Å². The van der Waals surface area contributed by atoms with Gasteiger partial charge in [0.1, 0.15) is 10.8 Å². The van der Waals surface area contributed by atoms with E-state index in [1.165, 1.54) is 11.8 Å². The van der Waals surface area contributed by atoms with E-state index >= 15 is 0 Å². The first kappa shape index (κ1) is 13.5. The zero-order valence-corrected chi connectivity index (χ0v) is 11.6. The number of fused-ring (bicyclic) bond motifs is 1. The van der Waals surface area contributed by atoms with Gasteiger partial charge in [-0.3, -0.25) is 0 Å². The van der Waals surface area contributed by atoms with Crippen molar-refractivity contribution in [2.75, 3.05) is 11.5 Å². The third kappa shape index (κ3) is 3.51. The Balaban J connectivity index is 2.25. The van der Waals surface area contributed by atoms with Crippen molar-refractivity contribution in [3.63, 3.8) is 0 Å². The Labute approximate surface area is 113 Å². The molecule has 0 unspecified atom stereocenters. The largest absolute Gasteiger partial charge is 0.508 e. The summed E-state index contributed by atoms with van der Waals surface area (Å²) in [5, 5.41) is 11.9. The molecule has 0 bridgehead atoms. The van der Waals surface area contributed by atoms with Gasteiger partial charge in [-0.15, -0.1) is 11.8 Å². The van der Waals surface area contributed by atoms with Crippen LogP contribution in [0.15, 0.2) is 35.5 Å². The van der Waals surface area contributed by atoms with Crippen molar-refractivity contribution in [1.29, 1.82) is 0 Å². The number of aromatic hydroxyl groups is 1. The first-order valence-corrected chi connectivity index (χ1v) is 8.55. The Morgan fingerprint density at radius 3 is 2.83 bits per heavy atom. The molecule has 7 heteroatoms. The zero-order valence-electron chi connectivity index (χ0n) is 9.21. The molecule has 0 saturated carbocycles. The van der Waals surface area contributed by atoms with E-state index in [0.717, 1.165) is 10.8 Å². The van der Waals surface area contributed by atoms with Crippen molar-refractivity contribution in [1.82, 2.24) is 4.98 Å². The van der Waals surface area contributed by atoms with Gasteiger partial charge in [-0.2, -0.15) is 0 Å². The summed E-state index contributed by atoms with van der Waals surface area (Å²) in [6.07, 6.45) is 1.65. The van der Waals surface area contributed by atoms with Crippen LogP contribution >= 0.6 is 22.4 Å². The average Bonchev–Trinajstić information content (AvgIpc) is 2.28. The number of nitrogens with zero attached hydrogens (tertiary/aromatic N) is 1. The minimum atomic E-state index is -3.48. The maximum absolute atomic E-state index is 10.8. The summed E-state index contributed by atoms with van der Waals surface area (Å²) in [4.78, 5) is 4.18. The number of phenols is 1. The standard InChI is InChI=1S/C11H10ClNO3S2/c12-18(15,16)6-5-17-11-10-7-9(14)2-1-8(10)3-4-13-11/h1-4,7,14H,5-6H2. The molecule has 18 heavy (non-hydrogen) atoms. The molecule has 0 radical (unpaired) electrons. The lowest BCUT2D eigenvalue weighted by atomic mass is 10.2. The Bertz CT molecular complexity index is 673. The topological polar surface area (TPSA) is 67.3 Å². The molecule has 4 nitrogen and oxygen atoms in total. The van der Waals surface area contributed by atoms with Gasteiger partial charge < -0.3 is 5.11 Å². The number of hydrogen-bond donors (Lipinski definition) is 1. The Morgan fingerprint density at radius 1 is 1.33 bits per heavy atom. The van der Waals surface area contributed by atoms with Crippen LogP contribution < -0.4 is 0 Å². The summed E-state index contributed by atoms with van der Waals surface area (Å²) in [7, 11) is 1.66. The van der Waals surface area contributed by atoms with E-state index < -0.39 is 9.05 Å². The van der Waals surface area contributed by atoms with Crippen molar-refractivity contribution in [2.24, 2.45) is 0 Å². The molecule has 1 aromatic carbocycles. The maximum Gasteiger partial charge on any atom is 0.233 e. The summed E-state index contributed by atoms with van der Waals surface area (Å²) in [6.45, 7) is 0. The first-order chi connectivity index (χ1) is 8.46. The van der Waals surface area contributed by atoms with E-state index in [1.54, 1.807) is 24.4 Å². The molecule has 96 valence electrons. The fourth-order valence-electron chi connectivity index (χ4n) is 1.48. The lowest BCUT2D eigenvalue weighted by Crippen LogP contribution is -2.00. The van der Waals surface area contributed by atoms with E-state index in [2.05, 4.69) is 4.98 Å². The molecule has 0 aliphatic heterocycles. The second kappa shape index (κ2) is 5.34. The van der Waals surface area contributed by atoms with Crippen LogP contribution in [0.25, 0.3) is 10.8 Å². The minimum Gasteiger partial charge on any atom is -0.508 e.